The van der Waals surface area contributed by atoms with E-state index >= 15 is 0 Å². The molecule has 0 fully saturated rings. The number of nitrogens with zero attached hydrogens (tertiary/aromatic N) is 1. The molecular formula is C41H52FN3O7. The van der Waals surface area contributed by atoms with Crippen molar-refractivity contribution in [3.05, 3.63) is 102 Å². The zero-order valence-electron chi connectivity index (χ0n) is 30.4. The van der Waals surface area contributed by atoms with E-state index in [9.17, 15) is 24.2 Å². The van der Waals surface area contributed by atoms with Crippen molar-refractivity contribution in [2.75, 3.05) is 52.0 Å². The first-order valence-corrected chi connectivity index (χ1v) is 17.9. The molecule has 4 rings (SSSR count). The number of aromatic nitrogens is 1. The molecule has 4 N–H and O–H groups in total. The maximum absolute atomic E-state index is 14.2. The monoisotopic (exact) mass is 717 g/mol. The van der Waals surface area contributed by atoms with E-state index in [-0.39, 0.29) is 42.8 Å². The number of rotatable bonds is 22. The third-order valence-electron chi connectivity index (χ3n) is 8.53. The van der Waals surface area contributed by atoms with E-state index in [0.29, 0.717) is 74.9 Å². The Morgan fingerprint density at radius 2 is 1.44 bits per heavy atom. The molecule has 280 valence electrons. The van der Waals surface area contributed by atoms with Crippen molar-refractivity contribution in [3.63, 3.8) is 0 Å². The molecule has 3 aromatic carbocycles. The zero-order chi connectivity index (χ0) is 37.3. The number of aliphatic hydroxyl groups is 2. The van der Waals surface area contributed by atoms with Crippen LogP contribution in [0.5, 0.6) is 0 Å². The van der Waals surface area contributed by atoms with Gasteiger partial charge in [-0.2, -0.15) is 0 Å². The average Bonchev–Trinajstić information content (AvgIpc) is 3.48. The first-order chi connectivity index (χ1) is 25.2. The smallest absolute Gasteiger partial charge is 0.258 e. The summed E-state index contributed by atoms with van der Waals surface area (Å²) in [5.41, 5.74) is 4.88. The van der Waals surface area contributed by atoms with Gasteiger partial charge in [0.2, 0.25) is 5.91 Å². The molecule has 52 heavy (non-hydrogen) atoms. The van der Waals surface area contributed by atoms with Crippen LogP contribution in [0.25, 0.3) is 22.4 Å². The number of nitrogens with one attached hydrogen (secondary N) is 2. The van der Waals surface area contributed by atoms with Crippen LogP contribution in [-0.2, 0) is 25.5 Å². The second kappa shape index (κ2) is 21.2. The van der Waals surface area contributed by atoms with Gasteiger partial charge in [0.15, 0.2) is 0 Å². The van der Waals surface area contributed by atoms with Gasteiger partial charge in [-0.05, 0) is 72.7 Å². The molecule has 1 aromatic heterocycles. The van der Waals surface area contributed by atoms with Crippen molar-refractivity contribution in [2.24, 2.45) is 0 Å². The fourth-order valence-electron chi connectivity index (χ4n) is 6.15. The summed E-state index contributed by atoms with van der Waals surface area (Å²) in [5, 5.41) is 27.7. The Morgan fingerprint density at radius 3 is 2.10 bits per heavy atom. The topological polar surface area (TPSA) is 131 Å². The molecule has 0 saturated carbocycles. The highest BCUT2D eigenvalue weighted by Crippen LogP contribution is 2.42. The molecule has 2 amide bonds. The molecule has 0 aliphatic heterocycles. The van der Waals surface area contributed by atoms with E-state index in [1.165, 1.54) is 12.1 Å². The van der Waals surface area contributed by atoms with Gasteiger partial charge >= 0.3 is 0 Å². The van der Waals surface area contributed by atoms with E-state index in [0.717, 1.165) is 17.0 Å². The van der Waals surface area contributed by atoms with Crippen molar-refractivity contribution in [3.8, 4) is 22.4 Å². The Labute approximate surface area is 305 Å². The van der Waals surface area contributed by atoms with Gasteiger partial charge in [-0.3, -0.25) is 9.59 Å². The van der Waals surface area contributed by atoms with Gasteiger partial charge in [0.05, 0.1) is 56.3 Å². The quantitative estimate of drug-likeness (QED) is 0.0691. The van der Waals surface area contributed by atoms with Crippen LogP contribution >= 0.6 is 0 Å². The lowest BCUT2D eigenvalue weighted by Crippen LogP contribution is -2.30. The molecule has 0 aliphatic rings. The number of benzene rings is 3. The van der Waals surface area contributed by atoms with Crippen molar-refractivity contribution >= 4 is 17.5 Å². The van der Waals surface area contributed by atoms with Crippen molar-refractivity contribution in [2.45, 2.75) is 64.2 Å². The number of halogens is 1. The van der Waals surface area contributed by atoms with Gasteiger partial charge in [-0.15, -0.1) is 0 Å². The SMILES string of the molecule is COCCOCCOCCCNC(=O)C[C@H](O)C[C@H](O)CCn1c(-c2ccc(F)cc2)c(-c2ccccc2)c(C(=O)Nc2ccccc2)c1C(C)C. The fraction of sp³-hybridized carbons (Fsp3) is 0.415. The molecule has 0 unspecified atom stereocenters. The van der Waals surface area contributed by atoms with Gasteiger partial charge in [-0.25, -0.2) is 4.39 Å². The summed E-state index contributed by atoms with van der Waals surface area (Å²) in [6.07, 6.45) is -1.28. The first kappa shape index (κ1) is 40.4. The third kappa shape index (κ3) is 12.1. The molecule has 1 heterocycles. The number of ether oxygens (including phenoxy) is 3. The highest BCUT2D eigenvalue weighted by atomic mass is 19.1. The van der Waals surface area contributed by atoms with Crippen molar-refractivity contribution in [1.82, 2.24) is 9.88 Å². The van der Waals surface area contributed by atoms with Gasteiger partial charge < -0.3 is 39.6 Å². The van der Waals surface area contributed by atoms with Gasteiger partial charge in [0, 0.05) is 43.8 Å². The molecule has 0 spiro atoms. The molecule has 0 radical (unpaired) electrons. The Balaban J connectivity index is 1.49. The lowest BCUT2D eigenvalue weighted by Gasteiger charge is -2.20. The van der Waals surface area contributed by atoms with Gasteiger partial charge in [0.1, 0.15) is 5.82 Å². The van der Waals surface area contributed by atoms with E-state index in [1.807, 2.05) is 79.1 Å². The number of hydrogen-bond acceptors (Lipinski definition) is 7. The summed E-state index contributed by atoms with van der Waals surface area (Å²) in [4.78, 5) is 26.7. The number of amides is 2. The fourth-order valence-corrected chi connectivity index (χ4v) is 6.15. The summed E-state index contributed by atoms with van der Waals surface area (Å²) in [5.74, 6) is -1.08. The highest BCUT2D eigenvalue weighted by molar-refractivity contribution is 6.12. The normalized spacial score (nSPS) is 12.5. The minimum atomic E-state index is -1.05. The number of anilines is 1. The van der Waals surface area contributed by atoms with Crippen LogP contribution in [-0.4, -0.2) is 85.5 Å². The predicted molar refractivity (Wildman–Crippen MR) is 201 cm³/mol. The minimum Gasteiger partial charge on any atom is -0.393 e. The van der Waals surface area contributed by atoms with Crippen LogP contribution < -0.4 is 10.6 Å². The summed E-state index contributed by atoms with van der Waals surface area (Å²) in [7, 11) is 1.61. The van der Waals surface area contributed by atoms with Crippen LogP contribution in [0.2, 0.25) is 0 Å². The number of hydrogen-bond donors (Lipinski definition) is 4. The lowest BCUT2D eigenvalue weighted by molar-refractivity contribution is -0.123. The number of carbonyl (C=O) groups excluding carboxylic acids is 2. The average molecular weight is 718 g/mol. The van der Waals surface area contributed by atoms with E-state index in [1.54, 1.807) is 19.2 Å². The Hall–Kier alpha value is -4.39. The van der Waals surface area contributed by atoms with Gasteiger partial charge in [0.25, 0.3) is 5.91 Å². The predicted octanol–water partition coefficient (Wildman–Crippen LogP) is 6.41. The van der Waals surface area contributed by atoms with E-state index < -0.39 is 12.2 Å². The molecule has 0 aliphatic carbocycles. The van der Waals surface area contributed by atoms with Crippen LogP contribution in [0, 0.1) is 5.82 Å². The van der Waals surface area contributed by atoms with Gasteiger partial charge in [-0.1, -0.05) is 62.4 Å². The zero-order valence-corrected chi connectivity index (χ0v) is 30.4. The summed E-state index contributed by atoms with van der Waals surface area (Å²) in [6, 6.07) is 25.0. The molecule has 11 heteroatoms. The molecule has 4 aromatic rings. The van der Waals surface area contributed by atoms with Crippen LogP contribution in [0.3, 0.4) is 0 Å². The molecule has 10 nitrogen and oxygen atoms in total. The van der Waals surface area contributed by atoms with Crippen LogP contribution in [0.4, 0.5) is 10.1 Å². The maximum atomic E-state index is 14.2. The molecular weight excluding hydrogens is 665 g/mol. The van der Waals surface area contributed by atoms with Crippen molar-refractivity contribution < 1.29 is 38.4 Å². The summed E-state index contributed by atoms with van der Waals surface area (Å²) < 4.78 is 32.0. The van der Waals surface area contributed by atoms with Crippen LogP contribution in [0.15, 0.2) is 84.9 Å². The largest absolute Gasteiger partial charge is 0.393 e. The molecule has 0 bridgehead atoms. The molecule has 2 atom stereocenters. The first-order valence-electron chi connectivity index (χ1n) is 17.9. The maximum Gasteiger partial charge on any atom is 0.258 e. The van der Waals surface area contributed by atoms with E-state index in [2.05, 4.69) is 10.6 Å². The Morgan fingerprint density at radius 1 is 0.808 bits per heavy atom. The van der Waals surface area contributed by atoms with Crippen molar-refractivity contribution in [1.29, 1.82) is 0 Å². The lowest BCUT2D eigenvalue weighted by atomic mass is 9.94. The second-order valence-electron chi connectivity index (χ2n) is 12.9. The standard InChI is InChI=1S/C41H52FN3O7/c1-29(2)39-38(41(49)44-33-13-8-5-9-14-33)37(30-11-6-4-7-12-30)40(31-15-17-32(42)18-16-31)45(39)21-19-34(46)27-35(47)28-36(48)43-20-10-22-51-25-26-52-24-23-50-3/h4-9,11-18,29,34-35,46-47H,10,19-28H2,1-3H3,(H,43,48)(H,44,49)/t34-,35-/m1/s1. The second-order valence-corrected chi connectivity index (χ2v) is 12.9. The highest BCUT2D eigenvalue weighted by Gasteiger charge is 2.31. The Kier molecular flexibility index (Phi) is 16.5. The Bertz CT molecular complexity index is 1660. The summed E-state index contributed by atoms with van der Waals surface area (Å²) in [6.45, 7) is 7.17. The minimum absolute atomic E-state index is 0.00332. The van der Waals surface area contributed by atoms with E-state index in [4.69, 9.17) is 14.2 Å². The number of aliphatic hydroxyl groups excluding tert-OH is 2. The third-order valence-corrected chi connectivity index (χ3v) is 8.53. The number of methoxy groups -OCH3 is 1. The number of para-hydroxylation sites is 1. The number of carbonyl (C=O) groups is 2. The summed E-state index contributed by atoms with van der Waals surface area (Å²) >= 11 is 0. The van der Waals surface area contributed by atoms with Crippen LogP contribution in [0.1, 0.15) is 61.5 Å². The molecule has 0 saturated heterocycles.